The van der Waals surface area contributed by atoms with Gasteiger partial charge in [0.05, 0.1) is 25.9 Å². The van der Waals surface area contributed by atoms with Crippen molar-refractivity contribution in [2.24, 2.45) is 5.92 Å². The second-order valence-corrected chi connectivity index (χ2v) is 7.52. The van der Waals surface area contributed by atoms with Crippen LogP contribution in [0.3, 0.4) is 0 Å². The summed E-state index contributed by atoms with van der Waals surface area (Å²) in [6.45, 7) is 8.64. The number of carbonyl (C=O) groups excluding carboxylic acids is 1. The molecule has 1 N–H and O–H groups in total. The van der Waals surface area contributed by atoms with E-state index >= 15 is 0 Å². The minimum absolute atomic E-state index is 0.0243. The molecule has 0 saturated carbocycles. The lowest BCUT2D eigenvalue weighted by Gasteiger charge is -2.38. The number of hydrogen-bond donors (Lipinski definition) is 1. The van der Waals surface area contributed by atoms with E-state index in [1.165, 1.54) is 5.69 Å². The summed E-state index contributed by atoms with van der Waals surface area (Å²) in [5.41, 5.74) is 0.926. The number of amides is 2. The number of nitrogens with zero attached hydrogens (tertiary/aromatic N) is 2. The summed E-state index contributed by atoms with van der Waals surface area (Å²) >= 11 is 0. The van der Waals surface area contributed by atoms with E-state index in [-0.39, 0.29) is 11.6 Å². The van der Waals surface area contributed by atoms with Crippen molar-refractivity contribution in [1.29, 1.82) is 0 Å². The van der Waals surface area contributed by atoms with E-state index < -0.39 is 0 Å². The quantitative estimate of drug-likeness (QED) is 0.908. The van der Waals surface area contributed by atoms with Gasteiger partial charge in [-0.3, -0.25) is 0 Å². The highest BCUT2D eigenvalue weighted by atomic mass is 16.5. The molecule has 6 heteroatoms. The van der Waals surface area contributed by atoms with Crippen LogP contribution in [-0.2, 0) is 4.74 Å². The molecule has 0 bridgehead atoms. The average molecular weight is 347 g/mol. The summed E-state index contributed by atoms with van der Waals surface area (Å²) in [6.07, 6.45) is 1.09. The minimum Gasteiger partial charge on any atom is -0.497 e. The van der Waals surface area contributed by atoms with Crippen LogP contribution in [0.1, 0.15) is 20.3 Å². The third kappa shape index (κ3) is 4.57. The maximum atomic E-state index is 12.4. The van der Waals surface area contributed by atoms with Crippen molar-refractivity contribution < 1.29 is 14.3 Å². The van der Waals surface area contributed by atoms with Crippen LogP contribution in [0.5, 0.6) is 5.75 Å². The molecule has 0 aliphatic carbocycles. The van der Waals surface area contributed by atoms with Gasteiger partial charge in [0.1, 0.15) is 5.75 Å². The average Bonchev–Trinajstić information content (AvgIpc) is 3.08. The number of carbonyl (C=O) groups is 1. The lowest BCUT2D eigenvalue weighted by atomic mass is 10.1. The molecule has 0 spiro atoms. The first-order valence-electron chi connectivity index (χ1n) is 9.02. The van der Waals surface area contributed by atoms with E-state index in [9.17, 15) is 4.79 Å². The molecule has 0 radical (unpaired) electrons. The fourth-order valence-corrected chi connectivity index (χ4v) is 3.57. The van der Waals surface area contributed by atoms with Crippen molar-refractivity contribution in [2.45, 2.75) is 25.9 Å². The first-order chi connectivity index (χ1) is 12.0. The van der Waals surface area contributed by atoms with Crippen LogP contribution in [0.25, 0.3) is 0 Å². The predicted octanol–water partition coefficient (Wildman–Crippen LogP) is 2.34. The number of anilines is 1. The normalized spacial score (nSPS) is 22.8. The van der Waals surface area contributed by atoms with Crippen LogP contribution in [0, 0.1) is 5.92 Å². The van der Waals surface area contributed by atoms with Gasteiger partial charge in [-0.15, -0.1) is 0 Å². The van der Waals surface area contributed by atoms with Crippen LogP contribution in [-0.4, -0.2) is 63.0 Å². The molecule has 1 aromatic carbocycles. The first-order valence-corrected chi connectivity index (χ1v) is 9.02. The molecular weight excluding hydrogens is 318 g/mol. The summed E-state index contributed by atoms with van der Waals surface area (Å²) in [5.74, 6) is 1.35. The molecule has 1 unspecified atom stereocenters. The molecule has 1 aromatic rings. The SMILES string of the molecule is COc1cccc(N2CCC(CNC(=O)N3CCOC(C)(C)C3)C2)c1. The van der Waals surface area contributed by atoms with Crippen molar-refractivity contribution in [3.8, 4) is 5.75 Å². The number of rotatable bonds is 4. The standard InChI is InChI=1S/C19H29N3O3/c1-19(2)14-22(9-10-25-19)18(23)20-12-15-7-8-21(13-15)16-5-4-6-17(11-16)24-3/h4-6,11,15H,7-10,12-14H2,1-3H3,(H,20,23). The Hall–Kier alpha value is -1.95. The van der Waals surface area contributed by atoms with E-state index in [0.717, 1.165) is 31.8 Å². The van der Waals surface area contributed by atoms with Crippen molar-refractivity contribution in [2.75, 3.05) is 51.3 Å². The number of nitrogens with one attached hydrogen (secondary N) is 1. The Balaban J connectivity index is 1.47. The zero-order chi connectivity index (χ0) is 17.9. The Morgan fingerprint density at radius 3 is 3.00 bits per heavy atom. The minimum atomic E-state index is -0.258. The van der Waals surface area contributed by atoms with Crippen molar-refractivity contribution in [1.82, 2.24) is 10.2 Å². The molecule has 2 fully saturated rings. The molecule has 6 nitrogen and oxygen atoms in total. The van der Waals surface area contributed by atoms with Gasteiger partial charge in [0.25, 0.3) is 0 Å². The van der Waals surface area contributed by atoms with E-state index in [4.69, 9.17) is 9.47 Å². The zero-order valence-corrected chi connectivity index (χ0v) is 15.5. The van der Waals surface area contributed by atoms with Gasteiger partial charge in [-0.05, 0) is 38.3 Å². The van der Waals surface area contributed by atoms with Gasteiger partial charge in [-0.2, -0.15) is 0 Å². The zero-order valence-electron chi connectivity index (χ0n) is 15.5. The van der Waals surface area contributed by atoms with Crippen molar-refractivity contribution in [3.05, 3.63) is 24.3 Å². The summed E-state index contributed by atoms with van der Waals surface area (Å²) < 4.78 is 11.0. The van der Waals surface area contributed by atoms with Crippen LogP contribution < -0.4 is 15.0 Å². The fraction of sp³-hybridized carbons (Fsp3) is 0.632. The Labute approximate surface area is 150 Å². The molecule has 2 heterocycles. The van der Waals surface area contributed by atoms with Crippen LogP contribution in [0.4, 0.5) is 10.5 Å². The van der Waals surface area contributed by atoms with E-state index in [1.807, 2.05) is 30.9 Å². The van der Waals surface area contributed by atoms with Gasteiger partial charge in [0.2, 0.25) is 0 Å². The molecule has 2 saturated heterocycles. The van der Waals surface area contributed by atoms with Crippen LogP contribution in [0.2, 0.25) is 0 Å². The first kappa shape index (κ1) is 17.9. The Morgan fingerprint density at radius 2 is 2.24 bits per heavy atom. The number of hydrogen-bond acceptors (Lipinski definition) is 4. The third-order valence-electron chi connectivity index (χ3n) is 4.96. The van der Waals surface area contributed by atoms with E-state index in [1.54, 1.807) is 7.11 Å². The maximum Gasteiger partial charge on any atom is 0.317 e. The largest absolute Gasteiger partial charge is 0.497 e. The van der Waals surface area contributed by atoms with E-state index in [2.05, 4.69) is 22.3 Å². The van der Waals surface area contributed by atoms with E-state index in [0.29, 0.717) is 25.6 Å². The van der Waals surface area contributed by atoms with Crippen molar-refractivity contribution >= 4 is 11.7 Å². The van der Waals surface area contributed by atoms with Gasteiger partial charge in [0.15, 0.2) is 0 Å². The second kappa shape index (κ2) is 7.52. The lowest BCUT2D eigenvalue weighted by molar-refractivity contribution is -0.0733. The number of benzene rings is 1. The Bertz CT molecular complexity index is 605. The fourth-order valence-electron chi connectivity index (χ4n) is 3.57. The van der Waals surface area contributed by atoms with Gasteiger partial charge in [0, 0.05) is 37.9 Å². The van der Waals surface area contributed by atoms with Gasteiger partial charge >= 0.3 is 6.03 Å². The summed E-state index contributed by atoms with van der Waals surface area (Å²) in [4.78, 5) is 16.6. The second-order valence-electron chi connectivity index (χ2n) is 7.52. The molecule has 3 rings (SSSR count). The van der Waals surface area contributed by atoms with Crippen molar-refractivity contribution in [3.63, 3.8) is 0 Å². The van der Waals surface area contributed by atoms with Crippen LogP contribution >= 0.6 is 0 Å². The molecule has 2 amide bonds. The van der Waals surface area contributed by atoms with Gasteiger partial charge in [-0.25, -0.2) is 4.79 Å². The van der Waals surface area contributed by atoms with Gasteiger partial charge < -0.3 is 24.6 Å². The third-order valence-corrected chi connectivity index (χ3v) is 4.96. The highest BCUT2D eigenvalue weighted by Crippen LogP contribution is 2.26. The monoisotopic (exact) mass is 347 g/mol. The molecular formula is C19H29N3O3. The number of morpholine rings is 1. The molecule has 2 aliphatic heterocycles. The summed E-state index contributed by atoms with van der Waals surface area (Å²) in [7, 11) is 1.69. The topological polar surface area (TPSA) is 54.0 Å². The predicted molar refractivity (Wildman–Crippen MR) is 98.3 cm³/mol. The summed E-state index contributed by atoms with van der Waals surface area (Å²) in [5, 5.41) is 3.11. The number of ether oxygens (including phenoxy) is 2. The number of urea groups is 1. The Morgan fingerprint density at radius 1 is 1.40 bits per heavy atom. The Kier molecular flexibility index (Phi) is 5.37. The molecule has 1 atom stereocenters. The lowest BCUT2D eigenvalue weighted by Crippen LogP contribution is -2.54. The highest BCUT2D eigenvalue weighted by molar-refractivity contribution is 5.74. The molecule has 25 heavy (non-hydrogen) atoms. The molecule has 0 aromatic heterocycles. The molecule has 2 aliphatic rings. The summed E-state index contributed by atoms with van der Waals surface area (Å²) in [6, 6.07) is 8.18. The number of methoxy groups -OCH3 is 1. The van der Waals surface area contributed by atoms with Gasteiger partial charge in [-0.1, -0.05) is 6.07 Å². The smallest absolute Gasteiger partial charge is 0.317 e. The highest BCUT2D eigenvalue weighted by Gasteiger charge is 2.30. The molecule has 138 valence electrons. The van der Waals surface area contributed by atoms with Crippen LogP contribution in [0.15, 0.2) is 24.3 Å². The maximum absolute atomic E-state index is 12.4.